The summed E-state index contributed by atoms with van der Waals surface area (Å²) in [6.45, 7) is 5.65. The molecular formula is C28H29N3O4. The Bertz CT molecular complexity index is 1250. The summed E-state index contributed by atoms with van der Waals surface area (Å²) in [7, 11) is 1.47. The molecular weight excluding hydrogens is 442 g/mol. The Morgan fingerprint density at radius 3 is 2.37 bits per heavy atom. The quantitative estimate of drug-likeness (QED) is 0.546. The molecule has 0 aliphatic carbocycles. The van der Waals surface area contributed by atoms with Gasteiger partial charge in [-0.2, -0.15) is 0 Å². The van der Waals surface area contributed by atoms with Gasteiger partial charge in [-0.05, 0) is 42.3 Å². The van der Waals surface area contributed by atoms with E-state index in [1.54, 1.807) is 18.2 Å². The molecule has 2 aliphatic heterocycles. The number of aromatic hydroxyl groups is 1. The first-order chi connectivity index (χ1) is 17.0. The highest BCUT2D eigenvalue weighted by atomic mass is 16.5. The molecule has 0 radical (unpaired) electrons. The molecule has 0 bridgehead atoms. The second-order valence-electron chi connectivity index (χ2n) is 9.01. The van der Waals surface area contributed by atoms with Crippen LogP contribution in [0.4, 0.5) is 5.69 Å². The van der Waals surface area contributed by atoms with Crippen molar-refractivity contribution < 1.29 is 19.4 Å². The molecule has 35 heavy (non-hydrogen) atoms. The number of imide groups is 1. The van der Waals surface area contributed by atoms with Gasteiger partial charge in [0, 0.05) is 32.2 Å². The van der Waals surface area contributed by atoms with E-state index >= 15 is 0 Å². The molecule has 3 aromatic rings. The molecule has 1 saturated heterocycles. The van der Waals surface area contributed by atoms with E-state index in [1.807, 2.05) is 18.2 Å². The third-order valence-electron chi connectivity index (χ3n) is 7.05. The van der Waals surface area contributed by atoms with Crippen LogP contribution in [0.3, 0.4) is 0 Å². The van der Waals surface area contributed by atoms with Crippen LogP contribution in [0, 0.1) is 0 Å². The Kier molecular flexibility index (Phi) is 6.17. The summed E-state index contributed by atoms with van der Waals surface area (Å²) in [6, 6.07) is 21.2. The zero-order chi connectivity index (χ0) is 24.5. The maximum atomic E-state index is 13.4. The molecule has 2 heterocycles. The average Bonchev–Trinajstić information content (AvgIpc) is 3.14. The molecule has 0 unspecified atom stereocenters. The number of anilines is 1. The van der Waals surface area contributed by atoms with Gasteiger partial charge in [-0.15, -0.1) is 0 Å². The summed E-state index contributed by atoms with van der Waals surface area (Å²) >= 11 is 0. The van der Waals surface area contributed by atoms with Gasteiger partial charge in [0.1, 0.15) is 0 Å². The number of carbonyl (C=O) groups excluding carboxylic acids is 2. The van der Waals surface area contributed by atoms with Crippen molar-refractivity contribution in [3.8, 4) is 11.5 Å². The number of nitrogens with zero attached hydrogens (tertiary/aromatic N) is 3. The van der Waals surface area contributed by atoms with Gasteiger partial charge in [-0.3, -0.25) is 19.4 Å². The predicted octanol–water partition coefficient (Wildman–Crippen LogP) is 4.08. The number of phenolic OH excluding ortho intramolecular Hbond substituents is 1. The fourth-order valence-corrected chi connectivity index (χ4v) is 5.02. The van der Waals surface area contributed by atoms with Crippen molar-refractivity contribution in [2.45, 2.75) is 19.5 Å². The van der Waals surface area contributed by atoms with Gasteiger partial charge >= 0.3 is 0 Å². The van der Waals surface area contributed by atoms with Crippen molar-refractivity contribution in [2.75, 3.05) is 38.2 Å². The largest absolute Gasteiger partial charge is 0.504 e. The first kappa shape index (κ1) is 22.9. The van der Waals surface area contributed by atoms with Gasteiger partial charge in [-0.1, -0.05) is 42.5 Å². The molecule has 7 nitrogen and oxygen atoms in total. The highest BCUT2D eigenvalue weighted by Gasteiger charge is 2.39. The monoisotopic (exact) mass is 471 g/mol. The number of rotatable bonds is 6. The molecule has 0 saturated carbocycles. The smallest absolute Gasteiger partial charge is 0.263 e. The van der Waals surface area contributed by atoms with Gasteiger partial charge in [0.25, 0.3) is 11.8 Å². The molecule has 0 aromatic heterocycles. The first-order valence-electron chi connectivity index (χ1n) is 11.9. The van der Waals surface area contributed by atoms with E-state index in [4.69, 9.17) is 4.74 Å². The van der Waals surface area contributed by atoms with Crippen molar-refractivity contribution in [1.29, 1.82) is 0 Å². The van der Waals surface area contributed by atoms with E-state index in [-0.39, 0.29) is 24.1 Å². The van der Waals surface area contributed by atoms with Crippen molar-refractivity contribution >= 4 is 17.5 Å². The second-order valence-corrected chi connectivity index (χ2v) is 9.01. The minimum Gasteiger partial charge on any atom is -0.504 e. The lowest BCUT2D eigenvalue weighted by molar-refractivity contribution is 0.0642. The summed E-state index contributed by atoms with van der Waals surface area (Å²) in [5.41, 5.74) is 3.74. The Morgan fingerprint density at radius 2 is 1.66 bits per heavy atom. The van der Waals surface area contributed by atoms with Crippen LogP contribution in [0.25, 0.3) is 0 Å². The van der Waals surface area contributed by atoms with Gasteiger partial charge in [-0.25, -0.2) is 0 Å². The molecule has 1 atom stereocenters. The predicted molar refractivity (Wildman–Crippen MR) is 134 cm³/mol. The Balaban J connectivity index is 1.33. The zero-order valence-corrected chi connectivity index (χ0v) is 20.0. The topological polar surface area (TPSA) is 73.3 Å². The number of phenols is 1. The van der Waals surface area contributed by atoms with Crippen molar-refractivity contribution in [1.82, 2.24) is 9.80 Å². The van der Waals surface area contributed by atoms with Crippen LogP contribution >= 0.6 is 0 Å². The fraction of sp³-hybridized carbons (Fsp3) is 0.286. The lowest BCUT2D eigenvalue weighted by atomic mass is 10.0. The van der Waals surface area contributed by atoms with Crippen LogP contribution in [0.1, 0.15) is 44.8 Å². The van der Waals surface area contributed by atoms with Crippen LogP contribution in [-0.4, -0.2) is 60.0 Å². The fourth-order valence-electron chi connectivity index (χ4n) is 5.02. The first-order valence-corrected chi connectivity index (χ1v) is 11.9. The normalized spacial score (nSPS) is 17.0. The van der Waals surface area contributed by atoms with Gasteiger partial charge in [0.05, 0.1) is 30.5 Å². The number of benzene rings is 3. The number of fused-ring (bicyclic) bond motifs is 1. The van der Waals surface area contributed by atoms with Crippen molar-refractivity contribution in [3.05, 3.63) is 89.0 Å². The van der Waals surface area contributed by atoms with E-state index in [2.05, 4.69) is 41.0 Å². The van der Waals surface area contributed by atoms with Crippen LogP contribution in [0.2, 0.25) is 0 Å². The summed E-state index contributed by atoms with van der Waals surface area (Å²) in [4.78, 5) is 32.5. The Morgan fingerprint density at radius 1 is 0.914 bits per heavy atom. The van der Waals surface area contributed by atoms with Crippen molar-refractivity contribution in [2.24, 2.45) is 0 Å². The van der Waals surface area contributed by atoms with E-state index < -0.39 is 0 Å². The molecule has 180 valence electrons. The van der Waals surface area contributed by atoms with Crippen LogP contribution in [0.15, 0.2) is 66.7 Å². The minimum atomic E-state index is -0.296. The highest BCUT2D eigenvalue weighted by molar-refractivity contribution is 6.23. The zero-order valence-electron chi connectivity index (χ0n) is 20.0. The Hall–Kier alpha value is -3.84. The third kappa shape index (κ3) is 4.23. The van der Waals surface area contributed by atoms with Gasteiger partial charge in [0.2, 0.25) is 0 Å². The molecule has 0 spiro atoms. The summed E-state index contributed by atoms with van der Waals surface area (Å²) < 4.78 is 5.17. The number of methoxy groups -OCH3 is 1. The molecule has 7 heteroatoms. The SMILES string of the molecule is COc1cc(CN2C(=O)c3cccc(N4CCN([C@H](C)c5ccccc5)CC4)c3C2=O)ccc1O. The number of piperazine rings is 1. The van der Waals surface area contributed by atoms with Gasteiger partial charge < -0.3 is 14.7 Å². The lowest BCUT2D eigenvalue weighted by Gasteiger charge is -2.39. The standard InChI is InChI=1S/C28H29N3O4/c1-19(21-7-4-3-5-8-21)29-13-15-30(16-14-29)23-10-6-9-22-26(23)28(34)31(27(22)33)18-20-11-12-24(32)25(17-20)35-2/h3-12,17,19,32H,13-16,18H2,1-2H3/t19-/m1/s1. The maximum absolute atomic E-state index is 13.4. The number of amides is 2. The molecule has 2 amide bonds. The number of hydrogen-bond donors (Lipinski definition) is 1. The van der Waals surface area contributed by atoms with Crippen LogP contribution in [-0.2, 0) is 6.54 Å². The highest BCUT2D eigenvalue weighted by Crippen LogP contribution is 2.35. The molecule has 5 rings (SSSR count). The number of carbonyl (C=O) groups is 2. The maximum Gasteiger partial charge on any atom is 0.263 e. The lowest BCUT2D eigenvalue weighted by Crippen LogP contribution is -2.47. The van der Waals surface area contributed by atoms with E-state index in [9.17, 15) is 14.7 Å². The summed E-state index contributed by atoms with van der Waals surface area (Å²) in [6.07, 6.45) is 0. The summed E-state index contributed by atoms with van der Waals surface area (Å²) in [5, 5.41) is 9.86. The third-order valence-corrected chi connectivity index (χ3v) is 7.05. The van der Waals surface area contributed by atoms with E-state index in [0.717, 1.165) is 31.9 Å². The molecule has 3 aromatic carbocycles. The number of ether oxygens (including phenoxy) is 1. The Labute approximate surface area is 205 Å². The number of hydrogen-bond acceptors (Lipinski definition) is 6. The van der Waals surface area contributed by atoms with Gasteiger partial charge in [0.15, 0.2) is 11.5 Å². The van der Waals surface area contributed by atoms with E-state index in [0.29, 0.717) is 28.5 Å². The molecule has 1 N–H and O–H groups in total. The van der Waals surface area contributed by atoms with E-state index in [1.165, 1.54) is 23.6 Å². The van der Waals surface area contributed by atoms with Crippen LogP contribution in [0.5, 0.6) is 11.5 Å². The van der Waals surface area contributed by atoms with Crippen LogP contribution < -0.4 is 9.64 Å². The molecule has 2 aliphatic rings. The summed E-state index contributed by atoms with van der Waals surface area (Å²) in [5.74, 6) is -0.257. The average molecular weight is 472 g/mol. The van der Waals surface area contributed by atoms with Crippen molar-refractivity contribution in [3.63, 3.8) is 0 Å². The molecule has 1 fully saturated rings. The minimum absolute atomic E-state index is 0.0154. The second kappa shape index (κ2) is 9.43.